The molecule has 0 aliphatic rings. The zero-order valence-corrected chi connectivity index (χ0v) is 4.74. The Balaban J connectivity index is 2.82. The third kappa shape index (κ3) is 5.76. The fraction of sp³-hybridized carbons (Fsp3) is 0.750. The van der Waals surface area contributed by atoms with E-state index in [0.29, 0.717) is 18.7 Å². The molecule has 0 bridgehead atoms. The number of carbonyl (C=O) groups is 1. The van der Waals surface area contributed by atoms with Gasteiger partial charge in [-0.2, -0.15) is 0 Å². The fourth-order valence-corrected chi connectivity index (χ4v) is 0.375. The molecule has 0 saturated carbocycles. The number of rotatable bonds is 3. The molecule has 0 aromatic carbocycles. The molecule has 0 radical (unpaired) electrons. The number of primary amides is 1. The van der Waals surface area contributed by atoms with E-state index in [1.165, 1.54) is 0 Å². The van der Waals surface area contributed by atoms with E-state index in [1.54, 1.807) is 0 Å². The minimum atomic E-state index is -0.277. The molecule has 1 amide bonds. The van der Waals surface area contributed by atoms with Gasteiger partial charge < -0.3 is 5.73 Å². The maximum atomic E-state index is 9.92. The van der Waals surface area contributed by atoms with Gasteiger partial charge in [-0.15, -0.1) is 11.6 Å². The van der Waals surface area contributed by atoms with Gasteiger partial charge in [0.1, 0.15) is 0 Å². The summed E-state index contributed by atoms with van der Waals surface area (Å²) in [7, 11) is 0. The van der Waals surface area contributed by atoms with Crippen LogP contribution in [0.25, 0.3) is 0 Å². The highest BCUT2D eigenvalue weighted by Crippen LogP contribution is 1.88. The van der Waals surface area contributed by atoms with Gasteiger partial charge in [0.2, 0.25) is 5.91 Å². The Morgan fingerprint density at radius 3 is 2.43 bits per heavy atom. The van der Waals surface area contributed by atoms with Gasteiger partial charge in [0.05, 0.1) is 0 Å². The van der Waals surface area contributed by atoms with Gasteiger partial charge in [-0.25, -0.2) is 0 Å². The maximum Gasteiger partial charge on any atom is 0.217 e. The molecule has 2 N–H and O–H groups in total. The lowest BCUT2D eigenvalue weighted by atomic mass is 10.3. The standard InChI is InChI=1S/C4H8ClNO/c5-3-1-2-4(6)7/h1-3H2,(H2,6,7). The second-order valence-electron chi connectivity index (χ2n) is 1.26. The molecule has 7 heavy (non-hydrogen) atoms. The summed E-state index contributed by atoms with van der Waals surface area (Å²) in [4.78, 5) is 9.92. The monoisotopic (exact) mass is 121 g/mol. The number of halogens is 1. The molecular formula is C4H8ClNO. The van der Waals surface area contributed by atoms with Crippen molar-refractivity contribution in [1.82, 2.24) is 0 Å². The van der Waals surface area contributed by atoms with Crippen molar-refractivity contribution in [3.8, 4) is 0 Å². The quantitative estimate of drug-likeness (QED) is 0.543. The third-order valence-electron chi connectivity index (χ3n) is 0.557. The lowest BCUT2D eigenvalue weighted by molar-refractivity contribution is -0.118. The van der Waals surface area contributed by atoms with Crippen LogP contribution in [-0.2, 0) is 4.79 Å². The Morgan fingerprint density at radius 1 is 1.71 bits per heavy atom. The lowest BCUT2D eigenvalue weighted by Crippen LogP contribution is -2.09. The van der Waals surface area contributed by atoms with E-state index >= 15 is 0 Å². The number of hydrogen-bond acceptors (Lipinski definition) is 1. The van der Waals surface area contributed by atoms with Gasteiger partial charge in [0.25, 0.3) is 0 Å². The Morgan fingerprint density at radius 2 is 2.29 bits per heavy atom. The largest absolute Gasteiger partial charge is 0.370 e. The Labute approximate surface area is 47.6 Å². The van der Waals surface area contributed by atoms with Crippen molar-refractivity contribution in [1.29, 1.82) is 0 Å². The molecule has 2 nitrogen and oxygen atoms in total. The minimum absolute atomic E-state index is 0.277. The Hall–Kier alpha value is -0.240. The predicted molar refractivity (Wildman–Crippen MR) is 29.1 cm³/mol. The molecule has 0 spiro atoms. The van der Waals surface area contributed by atoms with Crippen LogP contribution >= 0.6 is 11.6 Å². The Kier molecular flexibility index (Phi) is 3.80. The molecule has 0 fully saturated rings. The molecule has 0 aromatic rings. The van der Waals surface area contributed by atoms with E-state index < -0.39 is 0 Å². The van der Waals surface area contributed by atoms with Crippen LogP contribution in [0.4, 0.5) is 0 Å². The predicted octanol–water partition coefficient (Wildman–Crippen LogP) is 0.491. The van der Waals surface area contributed by atoms with Crippen molar-refractivity contribution in [2.75, 3.05) is 5.88 Å². The number of alkyl halides is 1. The van der Waals surface area contributed by atoms with Crippen LogP contribution in [0.15, 0.2) is 0 Å². The first-order valence-electron chi connectivity index (χ1n) is 2.11. The summed E-state index contributed by atoms with van der Waals surface area (Å²) in [5.74, 6) is 0.240. The van der Waals surface area contributed by atoms with Crippen LogP contribution in [-0.4, -0.2) is 11.8 Å². The summed E-state index contributed by atoms with van der Waals surface area (Å²) in [5, 5.41) is 0. The summed E-state index contributed by atoms with van der Waals surface area (Å²) in [5.41, 5.74) is 4.78. The number of carbonyl (C=O) groups excluding carboxylic acids is 1. The summed E-state index contributed by atoms with van der Waals surface area (Å²) in [6.45, 7) is 0. The van der Waals surface area contributed by atoms with Crippen LogP contribution in [0.5, 0.6) is 0 Å². The van der Waals surface area contributed by atoms with Crippen molar-refractivity contribution >= 4 is 17.5 Å². The van der Waals surface area contributed by atoms with Gasteiger partial charge in [-0.05, 0) is 6.42 Å². The summed E-state index contributed by atoms with van der Waals surface area (Å²) < 4.78 is 0. The van der Waals surface area contributed by atoms with Crippen LogP contribution in [0, 0.1) is 0 Å². The molecular weight excluding hydrogens is 114 g/mol. The number of amides is 1. The maximum absolute atomic E-state index is 9.92. The van der Waals surface area contributed by atoms with Crippen LogP contribution < -0.4 is 5.73 Å². The average molecular weight is 122 g/mol. The van der Waals surface area contributed by atoms with E-state index in [2.05, 4.69) is 0 Å². The highest BCUT2D eigenvalue weighted by atomic mass is 35.5. The molecule has 42 valence electrons. The second kappa shape index (κ2) is 3.93. The first kappa shape index (κ1) is 6.76. The van der Waals surface area contributed by atoms with Crippen molar-refractivity contribution in [2.45, 2.75) is 12.8 Å². The van der Waals surface area contributed by atoms with Crippen LogP contribution in [0.3, 0.4) is 0 Å². The number of nitrogens with two attached hydrogens (primary N) is 1. The van der Waals surface area contributed by atoms with Crippen molar-refractivity contribution in [2.24, 2.45) is 5.73 Å². The normalized spacial score (nSPS) is 8.71. The van der Waals surface area contributed by atoms with Crippen molar-refractivity contribution in [3.63, 3.8) is 0 Å². The molecule has 0 unspecified atom stereocenters. The van der Waals surface area contributed by atoms with E-state index in [0.717, 1.165) is 0 Å². The lowest BCUT2D eigenvalue weighted by Gasteiger charge is -1.85. The molecule has 0 rings (SSSR count). The molecule has 3 heteroatoms. The van der Waals surface area contributed by atoms with E-state index in [1.807, 2.05) is 0 Å². The number of hydrogen-bond donors (Lipinski definition) is 1. The SMILES string of the molecule is NC(=O)CCCCl. The molecule has 0 aliphatic heterocycles. The smallest absolute Gasteiger partial charge is 0.217 e. The Bertz CT molecular complexity index is 64.7. The molecule has 0 aliphatic carbocycles. The zero-order chi connectivity index (χ0) is 5.70. The van der Waals surface area contributed by atoms with Gasteiger partial charge in [0.15, 0.2) is 0 Å². The fourth-order valence-electron chi connectivity index (χ4n) is 0.241. The third-order valence-corrected chi connectivity index (χ3v) is 0.824. The van der Waals surface area contributed by atoms with E-state index in [9.17, 15) is 4.79 Å². The summed E-state index contributed by atoms with van der Waals surface area (Å²) in [6.07, 6.45) is 1.10. The van der Waals surface area contributed by atoms with Gasteiger partial charge in [-0.3, -0.25) is 4.79 Å². The molecule has 0 saturated heterocycles. The first-order chi connectivity index (χ1) is 3.27. The first-order valence-corrected chi connectivity index (χ1v) is 2.65. The zero-order valence-electron chi connectivity index (χ0n) is 3.98. The highest BCUT2D eigenvalue weighted by Gasteiger charge is 1.89. The summed E-state index contributed by atoms with van der Waals surface area (Å²) >= 11 is 5.24. The average Bonchev–Trinajstić information content (AvgIpc) is 1.61. The van der Waals surface area contributed by atoms with Gasteiger partial charge in [0, 0.05) is 12.3 Å². The van der Waals surface area contributed by atoms with E-state index in [4.69, 9.17) is 17.3 Å². The second-order valence-corrected chi connectivity index (χ2v) is 1.64. The van der Waals surface area contributed by atoms with Gasteiger partial charge >= 0.3 is 0 Å². The highest BCUT2D eigenvalue weighted by molar-refractivity contribution is 6.17. The topological polar surface area (TPSA) is 43.1 Å². The van der Waals surface area contributed by atoms with Gasteiger partial charge in [-0.1, -0.05) is 0 Å². The molecule has 0 aromatic heterocycles. The summed E-state index contributed by atoms with van der Waals surface area (Å²) in [6, 6.07) is 0. The van der Waals surface area contributed by atoms with Crippen molar-refractivity contribution < 1.29 is 4.79 Å². The minimum Gasteiger partial charge on any atom is -0.370 e. The van der Waals surface area contributed by atoms with Crippen LogP contribution in [0.2, 0.25) is 0 Å². The molecule has 0 atom stereocenters. The van der Waals surface area contributed by atoms with Crippen molar-refractivity contribution in [3.05, 3.63) is 0 Å². The molecule has 0 heterocycles. The van der Waals surface area contributed by atoms with E-state index in [-0.39, 0.29) is 5.91 Å². The van der Waals surface area contributed by atoms with Crippen LogP contribution in [0.1, 0.15) is 12.8 Å².